The lowest BCUT2D eigenvalue weighted by Gasteiger charge is -2.32. The van der Waals surface area contributed by atoms with E-state index in [1.165, 1.54) is 0 Å². The highest BCUT2D eigenvalue weighted by atomic mass is 32.2. The molecule has 14 heavy (non-hydrogen) atoms. The third kappa shape index (κ3) is 1.21. The average molecular weight is 210 g/mol. The van der Waals surface area contributed by atoms with Gasteiger partial charge < -0.3 is 4.90 Å². The fraction of sp³-hybridized carbons (Fsp3) is 0.625. The minimum absolute atomic E-state index is 0.296. The molecule has 6 heteroatoms. The summed E-state index contributed by atoms with van der Waals surface area (Å²) >= 11 is 1.89. The lowest BCUT2D eigenvalue weighted by Crippen LogP contribution is -2.47. The molecule has 1 amide bonds. The van der Waals surface area contributed by atoms with Crippen LogP contribution in [0.1, 0.15) is 12.1 Å². The molecular formula is C8H10N4OS. The minimum atomic E-state index is 0.296. The third-order valence-corrected chi connectivity index (χ3v) is 4.11. The van der Waals surface area contributed by atoms with Crippen molar-refractivity contribution in [3.8, 4) is 0 Å². The van der Waals surface area contributed by atoms with Gasteiger partial charge in [-0.05, 0) is 0 Å². The Bertz CT molecular complexity index is 352. The first-order valence-electron chi connectivity index (χ1n) is 4.63. The van der Waals surface area contributed by atoms with Crippen LogP contribution in [0.5, 0.6) is 0 Å². The first-order valence-corrected chi connectivity index (χ1v) is 5.57. The van der Waals surface area contributed by atoms with Crippen molar-refractivity contribution in [1.29, 1.82) is 0 Å². The van der Waals surface area contributed by atoms with Gasteiger partial charge in [0.25, 0.3) is 0 Å². The zero-order valence-corrected chi connectivity index (χ0v) is 8.33. The van der Waals surface area contributed by atoms with E-state index >= 15 is 0 Å². The van der Waals surface area contributed by atoms with Gasteiger partial charge >= 0.3 is 0 Å². The number of rotatable bonds is 2. The molecular weight excluding hydrogens is 200 g/mol. The van der Waals surface area contributed by atoms with Gasteiger partial charge in [0.2, 0.25) is 5.91 Å². The Labute approximate surface area is 85.2 Å². The maximum absolute atomic E-state index is 11.1. The van der Waals surface area contributed by atoms with Gasteiger partial charge in [-0.3, -0.25) is 9.89 Å². The second-order valence-electron chi connectivity index (χ2n) is 3.63. The standard InChI is InChI=1S/C8H10N4OS/c13-7-2-8-12(7)4-6(14-8)1-5-3-9-11-10-5/h3,6,8H,1-2,4H2,(H,9,10,11)/t6-,8-/m0/s1. The Morgan fingerprint density at radius 2 is 2.64 bits per heavy atom. The molecule has 0 aliphatic carbocycles. The van der Waals surface area contributed by atoms with Crippen LogP contribution in [0.3, 0.4) is 0 Å². The number of hydrogen-bond donors (Lipinski definition) is 1. The summed E-state index contributed by atoms with van der Waals surface area (Å²) in [5, 5.41) is 11.3. The summed E-state index contributed by atoms with van der Waals surface area (Å²) in [4.78, 5) is 13.1. The Hall–Kier alpha value is -1.04. The molecule has 0 unspecified atom stereocenters. The Kier molecular flexibility index (Phi) is 1.76. The molecule has 1 N–H and O–H groups in total. The predicted octanol–water partition coefficient (Wildman–Crippen LogP) is 0.0210. The van der Waals surface area contributed by atoms with Crippen LogP contribution in [0, 0.1) is 0 Å². The fourth-order valence-electron chi connectivity index (χ4n) is 1.92. The van der Waals surface area contributed by atoms with E-state index in [-0.39, 0.29) is 0 Å². The van der Waals surface area contributed by atoms with Crippen LogP contribution >= 0.6 is 11.8 Å². The molecule has 0 bridgehead atoms. The fourth-order valence-corrected chi connectivity index (χ4v) is 3.47. The number of amides is 1. The van der Waals surface area contributed by atoms with Crippen molar-refractivity contribution in [2.45, 2.75) is 23.5 Å². The lowest BCUT2D eigenvalue weighted by molar-refractivity contribution is -0.140. The van der Waals surface area contributed by atoms with Crippen molar-refractivity contribution in [1.82, 2.24) is 20.3 Å². The van der Waals surface area contributed by atoms with Crippen molar-refractivity contribution in [3.63, 3.8) is 0 Å². The van der Waals surface area contributed by atoms with Gasteiger partial charge in [-0.2, -0.15) is 0 Å². The van der Waals surface area contributed by atoms with Crippen LogP contribution in [0.15, 0.2) is 6.20 Å². The molecule has 0 radical (unpaired) electrons. The van der Waals surface area contributed by atoms with Crippen molar-refractivity contribution in [3.05, 3.63) is 11.9 Å². The topological polar surface area (TPSA) is 61.9 Å². The first kappa shape index (κ1) is 8.28. The lowest BCUT2D eigenvalue weighted by atomic mass is 10.1. The largest absolute Gasteiger partial charge is 0.329 e. The van der Waals surface area contributed by atoms with Crippen LogP contribution in [-0.4, -0.2) is 43.4 Å². The second kappa shape index (κ2) is 2.98. The maximum atomic E-state index is 11.1. The molecule has 5 nitrogen and oxygen atoms in total. The summed E-state index contributed by atoms with van der Waals surface area (Å²) in [5.74, 6) is 0.296. The highest BCUT2D eigenvalue weighted by molar-refractivity contribution is 8.00. The molecule has 2 aliphatic heterocycles. The molecule has 1 aromatic rings. The van der Waals surface area contributed by atoms with Crippen LogP contribution in [0.2, 0.25) is 0 Å². The van der Waals surface area contributed by atoms with E-state index < -0.39 is 0 Å². The summed E-state index contributed by atoms with van der Waals surface area (Å²) in [6.07, 6.45) is 3.44. The summed E-state index contributed by atoms with van der Waals surface area (Å²) in [6.45, 7) is 0.876. The van der Waals surface area contributed by atoms with Crippen molar-refractivity contribution in [2.75, 3.05) is 6.54 Å². The molecule has 2 aliphatic rings. The predicted molar refractivity (Wildman–Crippen MR) is 51.6 cm³/mol. The second-order valence-corrected chi connectivity index (χ2v) is 5.11. The van der Waals surface area contributed by atoms with E-state index in [9.17, 15) is 4.79 Å². The number of H-pyrrole nitrogens is 1. The van der Waals surface area contributed by atoms with E-state index in [0.29, 0.717) is 16.5 Å². The summed E-state index contributed by atoms with van der Waals surface area (Å²) < 4.78 is 0. The molecule has 0 aromatic carbocycles. The number of fused-ring (bicyclic) bond motifs is 1. The molecule has 0 saturated carbocycles. The number of thioether (sulfide) groups is 1. The molecule has 74 valence electrons. The Balaban J connectivity index is 1.64. The number of carbonyl (C=O) groups is 1. The quantitative estimate of drug-likeness (QED) is 0.699. The van der Waals surface area contributed by atoms with Gasteiger partial charge in [-0.1, -0.05) is 5.21 Å². The summed E-state index contributed by atoms with van der Waals surface area (Å²) in [5.41, 5.74) is 0.984. The van der Waals surface area contributed by atoms with Crippen molar-refractivity contribution < 1.29 is 4.79 Å². The Morgan fingerprint density at radius 3 is 3.29 bits per heavy atom. The summed E-state index contributed by atoms with van der Waals surface area (Å²) in [6, 6.07) is 0. The number of nitrogens with one attached hydrogen (secondary N) is 1. The van der Waals surface area contributed by atoms with Crippen LogP contribution in [0.4, 0.5) is 0 Å². The highest BCUT2D eigenvalue weighted by Crippen LogP contribution is 2.40. The molecule has 3 rings (SSSR count). The van der Waals surface area contributed by atoms with Crippen molar-refractivity contribution >= 4 is 17.7 Å². The van der Waals surface area contributed by atoms with Crippen LogP contribution < -0.4 is 0 Å². The number of nitrogens with zero attached hydrogens (tertiary/aromatic N) is 3. The molecule has 2 saturated heterocycles. The number of aromatic nitrogens is 3. The third-order valence-electron chi connectivity index (χ3n) is 2.67. The van der Waals surface area contributed by atoms with Gasteiger partial charge in [0.1, 0.15) is 0 Å². The normalized spacial score (nSPS) is 30.3. The van der Waals surface area contributed by atoms with E-state index in [0.717, 1.165) is 25.1 Å². The molecule has 2 atom stereocenters. The van der Waals surface area contributed by atoms with Gasteiger partial charge in [0.15, 0.2) is 0 Å². The van der Waals surface area contributed by atoms with Gasteiger partial charge in [0.05, 0.1) is 17.5 Å². The van der Waals surface area contributed by atoms with Crippen molar-refractivity contribution in [2.24, 2.45) is 0 Å². The highest BCUT2D eigenvalue weighted by Gasteiger charge is 2.44. The minimum Gasteiger partial charge on any atom is -0.329 e. The van der Waals surface area contributed by atoms with Gasteiger partial charge in [0, 0.05) is 24.4 Å². The number of aromatic amines is 1. The number of β-lactam (4-membered cyclic amide) rings is 1. The average Bonchev–Trinajstić information content (AvgIpc) is 2.74. The van der Waals surface area contributed by atoms with E-state index in [2.05, 4.69) is 15.4 Å². The molecule has 1 aromatic heterocycles. The Morgan fingerprint density at radius 1 is 1.71 bits per heavy atom. The number of hydrogen-bond acceptors (Lipinski definition) is 4. The van der Waals surface area contributed by atoms with Gasteiger partial charge in [-0.15, -0.1) is 16.9 Å². The first-order chi connectivity index (χ1) is 6.83. The molecule has 0 spiro atoms. The van der Waals surface area contributed by atoms with E-state index in [1.807, 2.05) is 22.9 Å². The maximum Gasteiger partial charge on any atom is 0.226 e. The molecule has 2 fully saturated rings. The molecule has 3 heterocycles. The van der Waals surface area contributed by atoms with E-state index in [4.69, 9.17) is 0 Å². The van der Waals surface area contributed by atoms with Gasteiger partial charge in [-0.25, -0.2) is 0 Å². The smallest absolute Gasteiger partial charge is 0.226 e. The van der Waals surface area contributed by atoms with Crippen LogP contribution in [-0.2, 0) is 11.2 Å². The summed E-state index contributed by atoms with van der Waals surface area (Å²) in [7, 11) is 0. The SMILES string of the molecule is O=C1C[C@@H]2S[C@@H](Cc3c[nH]nn3)CN12. The zero-order chi connectivity index (χ0) is 9.54. The zero-order valence-electron chi connectivity index (χ0n) is 7.51. The van der Waals surface area contributed by atoms with E-state index in [1.54, 1.807) is 0 Å². The monoisotopic (exact) mass is 210 g/mol. The number of carbonyl (C=O) groups excluding carboxylic acids is 1. The van der Waals surface area contributed by atoms with Crippen LogP contribution in [0.25, 0.3) is 0 Å².